The van der Waals surface area contributed by atoms with Crippen molar-refractivity contribution in [2.24, 2.45) is 16.8 Å². The van der Waals surface area contributed by atoms with Crippen LogP contribution in [0.2, 0.25) is 0 Å². The largest absolute Gasteiger partial charge is 0.490 e. The van der Waals surface area contributed by atoms with Crippen LogP contribution in [0.25, 0.3) is 0 Å². The zero-order valence-corrected chi connectivity index (χ0v) is 14.9. The normalized spacial score (nSPS) is 25.8. The number of halogens is 2. The molecule has 5 heteroatoms. The zero-order chi connectivity index (χ0) is 17.8. The van der Waals surface area contributed by atoms with Gasteiger partial charge in [0.1, 0.15) is 0 Å². The lowest BCUT2D eigenvalue weighted by Gasteiger charge is -2.28. The molecule has 2 aliphatic rings. The van der Waals surface area contributed by atoms with Gasteiger partial charge in [0.25, 0.3) is 0 Å². The van der Waals surface area contributed by atoms with E-state index < -0.39 is 17.9 Å². The first kappa shape index (κ1) is 18.2. The first-order chi connectivity index (χ1) is 12.1. The summed E-state index contributed by atoms with van der Waals surface area (Å²) in [5.41, 5.74) is 0.639. The first-order valence-corrected chi connectivity index (χ1v) is 9.38. The van der Waals surface area contributed by atoms with Crippen molar-refractivity contribution in [3.8, 4) is 11.5 Å². The average Bonchev–Trinajstić information content (AvgIpc) is 2.64. The fourth-order valence-corrected chi connectivity index (χ4v) is 3.96. The minimum absolute atomic E-state index is 0.000504. The molecule has 1 atom stereocenters. The van der Waals surface area contributed by atoms with Crippen molar-refractivity contribution in [2.45, 2.75) is 64.5 Å². The number of hydrogen-bond acceptors (Lipinski definition) is 3. The summed E-state index contributed by atoms with van der Waals surface area (Å²) in [6.07, 6.45) is 7.85. The molecule has 3 nitrogen and oxygen atoms in total. The highest BCUT2D eigenvalue weighted by Gasteiger charge is 2.28. The Balaban J connectivity index is 1.62. The molecule has 0 N–H and O–H groups in total. The number of benzene rings is 1. The van der Waals surface area contributed by atoms with Gasteiger partial charge in [0, 0.05) is 12.0 Å². The van der Waals surface area contributed by atoms with Gasteiger partial charge in [0.15, 0.2) is 17.7 Å². The second kappa shape index (κ2) is 8.15. The molecule has 1 aromatic rings. The van der Waals surface area contributed by atoms with Crippen molar-refractivity contribution >= 4 is 6.72 Å². The van der Waals surface area contributed by atoms with Gasteiger partial charge < -0.3 is 9.47 Å². The van der Waals surface area contributed by atoms with Crippen molar-refractivity contribution in [3.05, 3.63) is 23.3 Å². The number of rotatable bonds is 6. The lowest BCUT2D eigenvalue weighted by Crippen LogP contribution is -2.23. The van der Waals surface area contributed by atoms with Crippen LogP contribution in [0.1, 0.15) is 57.4 Å². The Morgan fingerprint density at radius 2 is 1.88 bits per heavy atom. The molecule has 1 fully saturated rings. The second-order valence-electron chi connectivity index (χ2n) is 7.27. The predicted octanol–water partition coefficient (Wildman–Crippen LogP) is 5.30. The van der Waals surface area contributed by atoms with Crippen LogP contribution in [-0.4, -0.2) is 19.6 Å². The molecule has 0 amide bonds. The van der Waals surface area contributed by atoms with Gasteiger partial charge in [-0.15, -0.1) is 0 Å². The SMILES string of the molecule is C=NC1CCc2cc(OCC3CCC(CCC)CC3)c(F)c(F)c2O1. The fraction of sp³-hybridized carbons (Fsp3) is 0.650. The lowest BCUT2D eigenvalue weighted by molar-refractivity contribution is 0.162. The van der Waals surface area contributed by atoms with E-state index in [1.807, 2.05) is 0 Å². The molecule has 0 saturated heterocycles. The minimum Gasteiger partial charge on any atom is -0.490 e. The number of nitrogens with zero attached hydrogens (tertiary/aromatic N) is 1. The van der Waals surface area contributed by atoms with E-state index in [2.05, 4.69) is 18.6 Å². The van der Waals surface area contributed by atoms with Gasteiger partial charge >= 0.3 is 0 Å². The van der Waals surface area contributed by atoms with Crippen molar-refractivity contribution in [1.29, 1.82) is 0 Å². The fourth-order valence-electron chi connectivity index (χ4n) is 3.96. The van der Waals surface area contributed by atoms with E-state index in [1.165, 1.54) is 25.7 Å². The quantitative estimate of drug-likeness (QED) is 0.651. The van der Waals surface area contributed by atoms with Crippen LogP contribution in [-0.2, 0) is 6.42 Å². The van der Waals surface area contributed by atoms with Crippen LogP contribution in [0.5, 0.6) is 11.5 Å². The van der Waals surface area contributed by atoms with E-state index in [1.54, 1.807) is 6.07 Å². The molecule has 1 unspecified atom stereocenters. The molecule has 3 rings (SSSR count). The molecule has 1 aliphatic carbocycles. The van der Waals surface area contributed by atoms with Gasteiger partial charge in [-0.3, -0.25) is 4.99 Å². The smallest absolute Gasteiger partial charge is 0.204 e. The number of fused-ring (bicyclic) bond motifs is 1. The Bertz CT molecular complexity index is 612. The van der Waals surface area contributed by atoms with E-state index >= 15 is 0 Å². The van der Waals surface area contributed by atoms with E-state index in [0.29, 0.717) is 30.9 Å². The molecule has 0 radical (unpaired) electrons. The minimum atomic E-state index is -0.979. The highest BCUT2D eigenvalue weighted by molar-refractivity contribution is 5.44. The Morgan fingerprint density at radius 1 is 1.16 bits per heavy atom. The number of aryl methyl sites for hydroxylation is 1. The topological polar surface area (TPSA) is 30.8 Å². The summed E-state index contributed by atoms with van der Waals surface area (Å²) in [7, 11) is 0. The molecule has 1 saturated carbocycles. The molecule has 1 heterocycles. The van der Waals surface area contributed by atoms with Gasteiger partial charge in [0.05, 0.1) is 6.61 Å². The molecule has 0 bridgehead atoms. The molecular weight excluding hydrogens is 324 g/mol. The summed E-state index contributed by atoms with van der Waals surface area (Å²) in [5, 5.41) is 0. The molecule has 1 aromatic carbocycles. The third kappa shape index (κ3) is 4.13. The van der Waals surface area contributed by atoms with Crippen molar-refractivity contribution in [2.75, 3.05) is 6.61 Å². The van der Waals surface area contributed by atoms with Crippen molar-refractivity contribution < 1.29 is 18.3 Å². The maximum atomic E-state index is 14.3. The van der Waals surface area contributed by atoms with Crippen LogP contribution in [0.3, 0.4) is 0 Å². The van der Waals surface area contributed by atoms with E-state index in [0.717, 1.165) is 18.8 Å². The highest BCUT2D eigenvalue weighted by Crippen LogP contribution is 2.38. The van der Waals surface area contributed by atoms with Crippen LogP contribution < -0.4 is 9.47 Å². The van der Waals surface area contributed by atoms with Crippen molar-refractivity contribution in [3.63, 3.8) is 0 Å². The van der Waals surface area contributed by atoms with E-state index in [9.17, 15) is 8.78 Å². The summed E-state index contributed by atoms with van der Waals surface area (Å²) in [6, 6.07) is 1.58. The Labute approximate surface area is 148 Å². The summed E-state index contributed by atoms with van der Waals surface area (Å²) < 4.78 is 39.7. The summed E-state index contributed by atoms with van der Waals surface area (Å²) >= 11 is 0. The maximum absolute atomic E-state index is 14.3. The van der Waals surface area contributed by atoms with E-state index in [4.69, 9.17) is 9.47 Å². The van der Waals surface area contributed by atoms with Crippen LogP contribution >= 0.6 is 0 Å². The van der Waals surface area contributed by atoms with Crippen LogP contribution in [0, 0.1) is 23.5 Å². The van der Waals surface area contributed by atoms with Gasteiger partial charge in [0.2, 0.25) is 11.6 Å². The monoisotopic (exact) mass is 351 g/mol. The molecule has 0 aromatic heterocycles. The van der Waals surface area contributed by atoms with E-state index in [-0.39, 0.29) is 11.5 Å². The summed E-state index contributed by atoms with van der Waals surface area (Å²) in [5.74, 6) is -0.746. The molecule has 1 aliphatic heterocycles. The molecule has 0 spiro atoms. The standard InChI is InChI=1S/C20H27F2NO2/c1-3-4-13-5-7-14(8-6-13)12-24-16-11-15-9-10-17(23-2)25-20(15)19(22)18(16)21/h11,13-14,17H,2-10,12H2,1H3. The number of hydrogen-bond donors (Lipinski definition) is 0. The highest BCUT2D eigenvalue weighted by atomic mass is 19.2. The van der Waals surface area contributed by atoms with Gasteiger partial charge in [-0.25, -0.2) is 0 Å². The second-order valence-corrected chi connectivity index (χ2v) is 7.27. The maximum Gasteiger partial charge on any atom is 0.204 e. The summed E-state index contributed by atoms with van der Waals surface area (Å²) in [6.45, 7) is 6.08. The zero-order valence-electron chi connectivity index (χ0n) is 14.9. The Kier molecular flexibility index (Phi) is 5.92. The van der Waals surface area contributed by atoms with Gasteiger partial charge in [-0.05, 0) is 43.9 Å². The van der Waals surface area contributed by atoms with Crippen LogP contribution in [0.15, 0.2) is 11.1 Å². The Hall–Kier alpha value is -1.65. The van der Waals surface area contributed by atoms with Gasteiger partial charge in [-0.1, -0.05) is 32.6 Å². The lowest BCUT2D eigenvalue weighted by atomic mass is 9.80. The predicted molar refractivity (Wildman–Crippen MR) is 94.5 cm³/mol. The molecular formula is C20H27F2NO2. The first-order valence-electron chi connectivity index (χ1n) is 9.38. The molecule has 25 heavy (non-hydrogen) atoms. The number of ether oxygens (including phenoxy) is 2. The summed E-state index contributed by atoms with van der Waals surface area (Å²) in [4.78, 5) is 3.76. The molecule has 138 valence electrons. The Morgan fingerprint density at radius 3 is 2.56 bits per heavy atom. The van der Waals surface area contributed by atoms with Gasteiger partial charge in [-0.2, -0.15) is 8.78 Å². The van der Waals surface area contributed by atoms with Crippen molar-refractivity contribution in [1.82, 2.24) is 0 Å². The third-order valence-corrected chi connectivity index (χ3v) is 5.46. The third-order valence-electron chi connectivity index (χ3n) is 5.46. The average molecular weight is 351 g/mol. The van der Waals surface area contributed by atoms with Crippen LogP contribution in [0.4, 0.5) is 8.78 Å². The number of aliphatic imine (C=N–C) groups is 1.